The molecule has 7 unspecified atom stereocenters. The molecule has 1 fully saturated rings. The summed E-state index contributed by atoms with van der Waals surface area (Å²) in [5.74, 6) is -1.62. The van der Waals surface area contributed by atoms with E-state index in [1.807, 2.05) is 26.8 Å². The molecule has 12 nitrogen and oxygen atoms in total. The largest absolute Gasteiger partial charge is 0.394 e. The molecule has 0 radical (unpaired) electrons. The van der Waals surface area contributed by atoms with Crippen molar-refractivity contribution in [2.45, 2.75) is 103 Å². The summed E-state index contributed by atoms with van der Waals surface area (Å²) in [7, 11) is 6.29. The van der Waals surface area contributed by atoms with Gasteiger partial charge in [-0.25, -0.2) is 0 Å². The molecule has 1 heterocycles. The van der Waals surface area contributed by atoms with Gasteiger partial charge in [0, 0.05) is 34.4 Å². The van der Waals surface area contributed by atoms with Gasteiger partial charge in [-0.05, 0) is 37.8 Å². The van der Waals surface area contributed by atoms with Crippen LogP contribution in [0.5, 0.6) is 0 Å². The molecule has 0 spiro atoms. The first kappa shape index (κ1) is 44.9. The van der Waals surface area contributed by atoms with Crippen molar-refractivity contribution in [1.29, 1.82) is 0 Å². The third kappa shape index (κ3) is 14.2. The number of nitrogens with one attached hydrogen (secondary N) is 3. The van der Waals surface area contributed by atoms with Crippen molar-refractivity contribution >= 4 is 23.6 Å². The van der Waals surface area contributed by atoms with Gasteiger partial charge in [0.25, 0.3) is 0 Å². The highest BCUT2D eigenvalue weighted by Gasteiger charge is 2.41. The van der Waals surface area contributed by atoms with E-state index in [0.29, 0.717) is 25.9 Å². The number of likely N-dealkylation sites (N-methyl/N-ethyl adjacent to an activating group) is 2. The number of methoxy groups -OCH3 is 2. The van der Waals surface area contributed by atoms with Crippen molar-refractivity contribution in [1.82, 2.24) is 25.8 Å². The summed E-state index contributed by atoms with van der Waals surface area (Å²) in [6.07, 6.45) is 8.30. The number of likely N-dealkylation sites (tertiary alicyclic amines) is 1. The Labute approximate surface area is 289 Å². The van der Waals surface area contributed by atoms with Crippen molar-refractivity contribution in [2.75, 3.05) is 54.6 Å². The summed E-state index contributed by atoms with van der Waals surface area (Å²) in [5.41, 5.74) is 0.971. The summed E-state index contributed by atoms with van der Waals surface area (Å²) >= 11 is 0. The van der Waals surface area contributed by atoms with Gasteiger partial charge in [-0.3, -0.25) is 19.2 Å². The van der Waals surface area contributed by atoms with Gasteiger partial charge in [0.05, 0.1) is 49.8 Å². The predicted octanol–water partition coefficient (Wildman–Crippen LogP) is 2.82. The molecule has 7 atom stereocenters. The molecule has 0 bridgehead atoms. The first-order chi connectivity index (χ1) is 22.9. The maximum absolute atomic E-state index is 13.8. The SMILES string of the molecule is C=C/C=C(\C=C)CCNC(=O)C(C)C(OC)C1CCCN1C(=O)CC(OC)C(C(C)CC)N(C)C(=O)CNC(=O)C(CO)NC.CCC. The van der Waals surface area contributed by atoms with E-state index in [9.17, 15) is 24.3 Å². The minimum absolute atomic E-state index is 0.0114. The molecular formula is C36H65N5O7. The van der Waals surface area contributed by atoms with E-state index in [4.69, 9.17) is 9.47 Å². The Kier molecular flexibility index (Phi) is 23.4. The van der Waals surface area contributed by atoms with Crippen LogP contribution in [-0.4, -0.2) is 123 Å². The van der Waals surface area contributed by atoms with E-state index in [-0.39, 0.29) is 42.6 Å². The lowest BCUT2D eigenvalue weighted by Gasteiger charge is -2.39. The molecule has 0 aromatic heterocycles. The maximum Gasteiger partial charge on any atom is 0.242 e. The average Bonchev–Trinajstić information content (AvgIpc) is 3.56. The van der Waals surface area contributed by atoms with Gasteiger partial charge in [0.1, 0.15) is 6.04 Å². The molecule has 0 aromatic carbocycles. The van der Waals surface area contributed by atoms with Crippen LogP contribution in [0.3, 0.4) is 0 Å². The fourth-order valence-electron chi connectivity index (χ4n) is 5.94. The lowest BCUT2D eigenvalue weighted by Crippen LogP contribution is -2.55. The van der Waals surface area contributed by atoms with Crippen molar-refractivity contribution in [3.05, 3.63) is 37.0 Å². The smallest absolute Gasteiger partial charge is 0.242 e. The van der Waals surface area contributed by atoms with E-state index in [2.05, 4.69) is 43.0 Å². The molecule has 12 heteroatoms. The lowest BCUT2D eigenvalue weighted by atomic mass is 9.90. The van der Waals surface area contributed by atoms with Gasteiger partial charge in [-0.15, -0.1) is 0 Å². The molecular weight excluding hydrogens is 614 g/mol. The third-order valence-corrected chi connectivity index (χ3v) is 8.87. The number of carbonyl (C=O) groups excluding carboxylic acids is 4. The molecule has 1 aliphatic rings. The van der Waals surface area contributed by atoms with Crippen LogP contribution in [0.2, 0.25) is 0 Å². The quantitative estimate of drug-likeness (QED) is 0.135. The van der Waals surface area contributed by atoms with Crippen LogP contribution in [0.15, 0.2) is 37.0 Å². The predicted molar refractivity (Wildman–Crippen MR) is 191 cm³/mol. The number of aliphatic hydroxyl groups is 1. The Hall–Kier alpha value is -3.06. The molecule has 1 rings (SSSR count). The topological polar surface area (TPSA) is 150 Å². The molecule has 4 amide bonds. The molecule has 0 aliphatic carbocycles. The number of aliphatic hydroxyl groups excluding tert-OH is 1. The van der Waals surface area contributed by atoms with Crippen LogP contribution >= 0.6 is 0 Å². The Morgan fingerprint density at radius 2 is 1.71 bits per heavy atom. The zero-order valence-electron chi connectivity index (χ0n) is 31.0. The minimum Gasteiger partial charge on any atom is -0.394 e. The standard InChI is InChI=1S/C33H57N5O7.C3H8/c1-10-14-24(12-3)16-17-35-32(42)23(5)31(45-9)26-15-13-18-38(26)28(40)19-27(44-8)30(22(4)11-2)37(7)29(41)20-36-33(43)25(21-39)34-6;1-3-2/h10,12,14,22-23,25-27,30-31,34,39H,1,3,11,13,15-21H2,2,4-9H3,(H,35,42)(H,36,43);3H2,1-2H3/b24-14+;. The zero-order valence-corrected chi connectivity index (χ0v) is 31.0. The Morgan fingerprint density at radius 1 is 1.06 bits per heavy atom. The second kappa shape index (κ2) is 25.0. The number of hydrogen-bond acceptors (Lipinski definition) is 8. The van der Waals surface area contributed by atoms with Gasteiger partial charge in [-0.1, -0.05) is 78.8 Å². The van der Waals surface area contributed by atoms with Crippen LogP contribution in [0, 0.1) is 11.8 Å². The van der Waals surface area contributed by atoms with E-state index < -0.39 is 42.7 Å². The van der Waals surface area contributed by atoms with Gasteiger partial charge in [0.15, 0.2) is 0 Å². The van der Waals surface area contributed by atoms with E-state index in [0.717, 1.165) is 18.4 Å². The number of allylic oxidation sites excluding steroid dienone is 3. The average molecular weight is 680 g/mol. The second-order valence-corrected chi connectivity index (χ2v) is 12.3. The van der Waals surface area contributed by atoms with Crippen LogP contribution < -0.4 is 16.0 Å². The van der Waals surface area contributed by atoms with Gasteiger partial charge in [0.2, 0.25) is 23.6 Å². The Balaban J connectivity index is 0.00000707. The number of rotatable bonds is 21. The van der Waals surface area contributed by atoms with Crippen LogP contribution in [-0.2, 0) is 28.7 Å². The van der Waals surface area contributed by atoms with Crippen molar-refractivity contribution in [2.24, 2.45) is 11.8 Å². The summed E-state index contributed by atoms with van der Waals surface area (Å²) in [5, 5.41) is 17.6. The van der Waals surface area contributed by atoms with Crippen LogP contribution in [0.4, 0.5) is 0 Å². The molecule has 1 aliphatic heterocycles. The van der Waals surface area contributed by atoms with Gasteiger partial charge >= 0.3 is 0 Å². The number of ether oxygens (including phenoxy) is 2. The fourth-order valence-corrected chi connectivity index (χ4v) is 5.94. The molecule has 4 N–H and O–H groups in total. The highest BCUT2D eigenvalue weighted by atomic mass is 16.5. The van der Waals surface area contributed by atoms with Gasteiger partial charge in [-0.2, -0.15) is 0 Å². The van der Waals surface area contributed by atoms with Crippen molar-refractivity contribution in [3.63, 3.8) is 0 Å². The molecule has 48 heavy (non-hydrogen) atoms. The molecule has 0 aromatic rings. The van der Waals surface area contributed by atoms with E-state index in [1.165, 1.54) is 18.4 Å². The van der Waals surface area contributed by atoms with E-state index >= 15 is 0 Å². The summed E-state index contributed by atoms with van der Waals surface area (Å²) in [4.78, 5) is 55.6. The first-order valence-corrected chi connectivity index (χ1v) is 17.3. The zero-order chi connectivity index (χ0) is 36.8. The van der Waals surface area contributed by atoms with Crippen LogP contribution in [0.25, 0.3) is 0 Å². The van der Waals surface area contributed by atoms with E-state index in [1.54, 1.807) is 38.3 Å². The summed E-state index contributed by atoms with van der Waals surface area (Å²) < 4.78 is 11.7. The molecule has 1 saturated heterocycles. The maximum atomic E-state index is 13.8. The number of amides is 4. The van der Waals surface area contributed by atoms with Crippen LogP contribution in [0.1, 0.15) is 73.1 Å². The Morgan fingerprint density at radius 3 is 2.21 bits per heavy atom. The monoisotopic (exact) mass is 679 g/mol. The lowest BCUT2D eigenvalue weighted by molar-refractivity contribution is -0.145. The fraction of sp³-hybridized carbons (Fsp3) is 0.722. The number of hydrogen-bond donors (Lipinski definition) is 4. The Bertz CT molecular complexity index is 1030. The first-order valence-electron chi connectivity index (χ1n) is 17.3. The third-order valence-electron chi connectivity index (χ3n) is 8.87. The van der Waals surface area contributed by atoms with Crippen molar-refractivity contribution in [3.8, 4) is 0 Å². The number of nitrogens with zero attached hydrogens (tertiary/aromatic N) is 2. The molecule has 276 valence electrons. The summed E-state index contributed by atoms with van der Waals surface area (Å²) in [6, 6.07) is -1.54. The van der Waals surface area contributed by atoms with Gasteiger partial charge < -0.3 is 40.3 Å². The highest BCUT2D eigenvalue weighted by molar-refractivity contribution is 5.87. The molecule has 0 saturated carbocycles. The minimum atomic E-state index is -0.819. The second-order valence-electron chi connectivity index (χ2n) is 12.3. The van der Waals surface area contributed by atoms with Crippen molar-refractivity contribution < 1.29 is 33.8 Å². The number of carbonyl (C=O) groups is 4. The highest BCUT2D eigenvalue weighted by Crippen LogP contribution is 2.29. The normalized spacial score (nSPS) is 18.2. The summed E-state index contributed by atoms with van der Waals surface area (Å²) in [6.45, 7) is 17.9.